The van der Waals surface area contributed by atoms with Crippen LogP contribution in [0.5, 0.6) is 0 Å². The molecule has 2 aromatic rings. The van der Waals surface area contributed by atoms with Crippen LogP contribution in [0, 0.1) is 10.1 Å². The molecule has 0 unspecified atom stereocenters. The molecule has 27 heavy (non-hydrogen) atoms. The molecule has 0 N–H and O–H groups in total. The Balaban J connectivity index is 1.71. The molecule has 0 atom stereocenters. The second-order valence-electron chi connectivity index (χ2n) is 6.12. The lowest BCUT2D eigenvalue weighted by molar-refractivity contribution is -0.389. The van der Waals surface area contributed by atoms with E-state index in [9.17, 15) is 10.1 Å². The first-order chi connectivity index (χ1) is 13.2. The molecule has 2 aliphatic heterocycles. The van der Waals surface area contributed by atoms with Crippen LogP contribution in [0.3, 0.4) is 0 Å². The highest BCUT2D eigenvalue weighted by molar-refractivity contribution is 5.58. The Hall–Kier alpha value is -2.92. The van der Waals surface area contributed by atoms with Gasteiger partial charge in [-0.1, -0.05) is 0 Å². The Morgan fingerprint density at radius 3 is 1.89 bits per heavy atom. The van der Waals surface area contributed by atoms with Crippen molar-refractivity contribution in [2.75, 3.05) is 62.4 Å². The van der Waals surface area contributed by atoms with Gasteiger partial charge in [0.05, 0.1) is 32.0 Å². The van der Waals surface area contributed by atoms with E-state index in [0.29, 0.717) is 75.9 Å². The quantitative estimate of drug-likeness (QED) is 0.554. The molecule has 11 nitrogen and oxygen atoms in total. The number of nitro groups is 1. The van der Waals surface area contributed by atoms with E-state index in [1.54, 1.807) is 6.07 Å². The second-order valence-corrected chi connectivity index (χ2v) is 6.12. The van der Waals surface area contributed by atoms with Gasteiger partial charge >= 0.3 is 5.82 Å². The van der Waals surface area contributed by atoms with E-state index < -0.39 is 4.92 Å². The number of hydrogen-bond acceptors (Lipinski definition) is 10. The summed E-state index contributed by atoms with van der Waals surface area (Å²) in [5, 5.41) is 10.8. The molecule has 0 spiro atoms. The average molecular weight is 373 g/mol. The largest absolute Gasteiger partial charge is 0.378 e. The molecule has 2 aromatic heterocycles. The summed E-state index contributed by atoms with van der Waals surface area (Å²) in [6.45, 7) is 5.27. The minimum absolute atomic E-state index is 0.213. The molecule has 0 bridgehead atoms. The smallest absolute Gasteiger partial charge is 0.363 e. The third-order valence-corrected chi connectivity index (χ3v) is 4.39. The summed E-state index contributed by atoms with van der Waals surface area (Å²) >= 11 is 0. The molecule has 0 aliphatic carbocycles. The Morgan fingerprint density at radius 1 is 0.889 bits per heavy atom. The van der Waals surface area contributed by atoms with E-state index in [1.165, 1.54) is 12.3 Å². The SMILES string of the molecule is O=[N+]([O-])c1ccc(-c2nc(N3CCOCC3)nc(N3CCOCC3)n2)cn1. The highest BCUT2D eigenvalue weighted by Crippen LogP contribution is 2.23. The summed E-state index contributed by atoms with van der Waals surface area (Å²) in [5.41, 5.74) is 0.604. The van der Waals surface area contributed by atoms with E-state index in [1.807, 2.05) is 0 Å². The molecule has 0 amide bonds. The molecule has 0 aromatic carbocycles. The van der Waals surface area contributed by atoms with Gasteiger partial charge in [-0.2, -0.15) is 15.0 Å². The van der Waals surface area contributed by atoms with Gasteiger partial charge in [-0.05, 0) is 16.0 Å². The summed E-state index contributed by atoms with van der Waals surface area (Å²) in [7, 11) is 0. The zero-order chi connectivity index (χ0) is 18.6. The van der Waals surface area contributed by atoms with Crippen molar-refractivity contribution in [3.63, 3.8) is 0 Å². The molecular formula is C16H19N7O4. The van der Waals surface area contributed by atoms with Gasteiger partial charge in [-0.15, -0.1) is 0 Å². The number of aromatic nitrogens is 4. The Labute approximate surface area is 155 Å². The molecule has 0 radical (unpaired) electrons. The molecule has 4 rings (SSSR count). The molecule has 2 saturated heterocycles. The standard InChI is InChI=1S/C16H19N7O4/c24-23(25)13-2-1-12(11-17-13)14-18-15(21-3-7-26-8-4-21)20-16(19-14)22-5-9-27-10-6-22/h1-2,11H,3-10H2. The molecule has 2 fully saturated rings. The highest BCUT2D eigenvalue weighted by atomic mass is 16.6. The first-order valence-corrected chi connectivity index (χ1v) is 8.73. The summed E-state index contributed by atoms with van der Waals surface area (Å²) in [5.74, 6) is 1.37. The van der Waals surface area contributed by atoms with Crippen LogP contribution in [0.1, 0.15) is 0 Å². The van der Waals surface area contributed by atoms with E-state index in [2.05, 4.69) is 29.7 Å². The van der Waals surface area contributed by atoms with Gasteiger partial charge in [0.15, 0.2) is 12.0 Å². The molecule has 4 heterocycles. The summed E-state index contributed by atoms with van der Waals surface area (Å²) in [6.07, 6.45) is 1.42. The van der Waals surface area contributed by atoms with E-state index >= 15 is 0 Å². The number of hydrogen-bond donors (Lipinski definition) is 0. The maximum atomic E-state index is 10.8. The van der Waals surface area contributed by atoms with Gasteiger partial charge in [0, 0.05) is 32.2 Å². The van der Waals surface area contributed by atoms with Crippen LogP contribution in [0.15, 0.2) is 18.3 Å². The van der Waals surface area contributed by atoms with Crippen molar-refractivity contribution in [2.24, 2.45) is 0 Å². The number of anilines is 2. The zero-order valence-corrected chi connectivity index (χ0v) is 14.7. The third-order valence-electron chi connectivity index (χ3n) is 4.39. The summed E-state index contributed by atoms with van der Waals surface area (Å²) in [6, 6.07) is 2.95. The van der Waals surface area contributed by atoms with Crippen molar-refractivity contribution in [1.82, 2.24) is 19.9 Å². The maximum Gasteiger partial charge on any atom is 0.363 e. The predicted molar refractivity (Wildman–Crippen MR) is 95.8 cm³/mol. The summed E-state index contributed by atoms with van der Waals surface area (Å²) < 4.78 is 10.8. The topological polar surface area (TPSA) is 120 Å². The number of rotatable bonds is 4. The van der Waals surface area contributed by atoms with Crippen molar-refractivity contribution in [1.29, 1.82) is 0 Å². The van der Waals surface area contributed by atoms with Gasteiger partial charge in [-0.3, -0.25) is 0 Å². The lowest BCUT2D eigenvalue weighted by Gasteiger charge is -2.30. The van der Waals surface area contributed by atoms with E-state index in [-0.39, 0.29) is 5.82 Å². The number of morpholine rings is 2. The Morgan fingerprint density at radius 2 is 1.44 bits per heavy atom. The van der Waals surface area contributed by atoms with Gasteiger partial charge in [0.2, 0.25) is 11.9 Å². The van der Waals surface area contributed by atoms with Gasteiger partial charge in [0.1, 0.15) is 0 Å². The minimum atomic E-state index is -0.532. The summed E-state index contributed by atoms with van der Waals surface area (Å²) in [4.78, 5) is 32.1. The maximum absolute atomic E-state index is 10.8. The second kappa shape index (κ2) is 7.76. The van der Waals surface area contributed by atoms with Gasteiger partial charge < -0.3 is 29.4 Å². The monoisotopic (exact) mass is 373 g/mol. The first kappa shape index (κ1) is 17.5. The normalized spacial score (nSPS) is 17.8. The van der Waals surface area contributed by atoms with Gasteiger partial charge in [-0.25, -0.2) is 0 Å². The van der Waals surface area contributed by atoms with Crippen LogP contribution in [0.25, 0.3) is 11.4 Å². The molecule has 0 saturated carbocycles. The van der Waals surface area contributed by atoms with Crippen molar-refractivity contribution >= 4 is 17.7 Å². The first-order valence-electron chi connectivity index (χ1n) is 8.73. The van der Waals surface area contributed by atoms with Crippen LogP contribution < -0.4 is 9.80 Å². The van der Waals surface area contributed by atoms with Crippen molar-refractivity contribution in [2.45, 2.75) is 0 Å². The van der Waals surface area contributed by atoms with Crippen molar-refractivity contribution in [3.05, 3.63) is 28.4 Å². The predicted octanol–water partition coefficient (Wildman–Crippen LogP) is 0.515. The van der Waals surface area contributed by atoms with Gasteiger partial charge in [0.25, 0.3) is 0 Å². The fraction of sp³-hybridized carbons (Fsp3) is 0.500. The van der Waals surface area contributed by atoms with Crippen molar-refractivity contribution < 1.29 is 14.4 Å². The van der Waals surface area contributed by atoms with Crippen LogP contribution in [0.4, 0.5) is 17.7 Å². The lowest BCUT2D eigenvalue weighted by atomic mass is 10.2. The third kappa shape index (κ3) is 3.93. The lowest BCUT2D eigenvalue weighted by Crippen LogP contribution is -2.40. The van der Waals surface area contributed by atoms with Crippen LogP contribution >= 0.6 is 0 Å². The van der Waals surface area contributed by atoms with Crippen molar-refractivity contribution in [3.8, 4) is 11.4 Å². The molecule has 11 heteroatoms. The Kier molecular flexibility index (Phi) is 5.03. The molecule has 2 aliphatic rings. The Bertz CT molecular complexity index is 769. The van der Waals surface area contributed by atoms with E-state index in [4.69, 9.17) is 9.47 Å². The highest BCUT2D eigenvalue weighted by Gasteiger charge is 2.22. The average Bonchev–Trinajstić information content (AvgIpc) is 2.75. The fourth-order valence-corrected chi connectivity index (χ4v) is 2.92. The molecular weight excluding hydrogens is 354 g/mol. The minimum Gasteiger partial charge on any atom is -0.378 e. The number of nitrogens with zero attached hydrogens (tertiary/aromatic N) is 7. The van der Waals surface area contributed by atoms with Crippen LogP contribution in [-0.4, -0.2) is 77.5 Å². The number of pyridine rings is 1. The fourth-order valence-electron chi connectivity index (χ4n) is 2.92. The zero-order valence-electron chi connectivity index (χ0n) is 14.7. The van der Waals surface area contributed by atoms with Crippen LogP contribution in [-0.2, 0) is 9.47 Å². The van der Waals surface area contributed by atoms with E-state index in [0.717, 1.165) is 0 Å². The molecule has 142 valence electrons. The number of ether oxygens (including phenoxy) is 2. The van der Waals surface area contributed by atoms with Crippen LogP contribution in [0.2, 0.25) is 0 Å².